The Labute approximate surface area is 127 Å². The first kappa shape index (κ1) is 13.7. The average molecular weight is 306 g/mol. The van der Waals surface area contributed by atoms with Crippen LogP contribution in [-0.2, 0) is 10.2 Å². The van der Waals surface area contributed by atoms with Crippen molar-refractivity contribution in [2.75, 3.05) is 5.32 Å². The Hall–Kier alpha value is -1.32. The third-order valence-corrected chi connectivity index (χ3v) is 5.36. The van der Waals surface area contributed by atoms with Crippen LogP contribution >= 0.6 is 22.9 Å². The number of alkyl halides is 1. The number of nitrogens with one attached hydrogen (secondary N) is 1. The Morgan fingerprint density at radius 3 is 2.70 bits per heavy atom. The van der Waals surface area contributed by atoms with Crippen molar-refractivity contribution in [3.8, 4) is 0 Å². The number of hydrogen-bond acceptors (Lipinski definition) is 2. The number of carbonyl (C=O) groups is 1. The van der Waals surface area contributed by atoms with Crippen LogP contribution in [0.25, 0.3) is 0 Å². The molecule has 1 N–H and O–H groups in total. The molecule has 2 aromatic rings. The summed E-state index contributed by atoms with van der Waals surface area (Å²) in [5, 5.41) is 6.95. The second-order valence-corrected chi connectivity index (χ2v) is 6.94. The van der Waals surface area contributed by atoms with Crippen molar-refractivity contribution in [2.24, 2.45) is 0 Å². The van der Waals surface area contributed by atoms with E-state index in [4.69, 9.17) is 11.6 Å². The maximum atomic E-state index is 12.0. The topological polar surface area (TPSA) is 29.1 Å². The van der Waals surface area contributed by atoms with E-state index in [9.17, 15) is 4.79 Å². The summed E-state index contributed by atoms with van der Waals surface area (Å²) in [4.78, 5) is 12.0. The van der Waals surface area contributed by atoms with Crippen LogP contribution < -0.4 is 5.32 Å². The zero-order valence-electron chi connectivity index (χ0n) is 11.7. The van der Waals surface area contributed by atoms with Gasteiger partial charge in [0.25, 0.3) is 0 Å². The van der Waals surface area contributed by atoms with Gasteiger partial charge in [-0.15, -0.1) is 11.6 Å². The lowest BCUT2D eigenvalue weighted by molar-refractivity contribution is -0.119. The van der Waals surface area contributed by atoms with Gasteiger partial charge in [0.05, 0.1) is 10.8 Å². The third kappa shape index (κ3) is 1.97. The predicted octanol–water partition coefficient (Wildman–Crippen LogP) is 4.61. The smallest absolute Gasteiger partial charge is 0.234 e. The number of thiophene rings is 1. The van der Waals surface area contributed by atoms with Crippen molar-refractivity contribution in [3.05, 3.63) is 51.2 Å². The van der Waals surface area contributed by atoms with E-state index in [-0.39, 0.29) is 11.3 Å². The van der Waals surface area contributed by atoms with Crippen LogP contribution in [0.2, 0.25) is 0 Å². The summed E-state index contributed by atoms with van der Waals surface area (Å²) in [6.45, 7) is 5.96. The van der Waals surface area contributed by atoms with Gasteiger partial charge in [0.1, 0.15) is 0 Å². The molecule has 0 radical (unpaired) electrons. The van der Waals surface area contributed by atoms with Crippen LogP contribution in [0.15, 0.2) is 29.0 Å². The second kappa shape index (κ2) is 4.61. The van der Waals surface area contributed by atoms with Gasteiger partial charge in [0, 0.05) is 5.69 Å². The van der Waals surface area contributed by atoms with Crippen LogP contribution in [-0.4, -0.2) is 5.91 Å². The number of amides is 1. The molecule has 4 heteroatoms. The third-order valence-electron chi connectivity index (χ3n) is 3.99. The fourth-order valence-corrected chi connectivity index (χ4v) is 3.88. The van der Waals surface area contributed by atoms with Crippen molar-refractivity contribution in [3.63, 3.8) is 0 Å². The number of carbonyl (C=O) groups excluding carboxylic acids is 1. The number of anilines is 1. The zero-order valence-corrected chi connectivity index (χ0v) is 13.2. The van der Waals surface area contributed by atoms with Gasteiger partial charge < -0.3 is 5.32 Å². The molecule has 0 saturated carbocycles. The van der Waals surface area contributed by atoms with E-state index in [1.54, 1.807) is 11.3 Å². The fraction of sp³-hybridized carbons (Fsp3) is 0.312. The molecule has 1 unspecified atom stereocenters. The van der Waals surface area contributed by atoms with E-state index < -0.39 is 5.41 Å². The molecule has 1 aliphatic heterocycles. The van der Waals surface area contributed by atoms with Gasteiger partial charge in [0.2, 0.25) is 5.91 Å². The van der Waals surface area contributed by atoms with E-state index in [1.165, 1.54) is 5.56 Å². The Morgan fingerprint density at radius 1 is 1.30 bits per heavy atom. The van der Waals surface area contributed by atoms with E-state index in [0.29, 0.717) is 0 Å². The lowest BCUT2D eigenvalue weighted by Crippen LogP contribution is -2.26. The summed E-state index contributed by atoms with van der Waals surface area (Å²) in [7, 11) is 0. The Balaban J connectivity index is 2.04. The van der Waals surface area contributed by atoms with Crippen LogP contribution in [0, 0.1) is 6.92 Å². The Bertz CT molecular complexity index is 690. The Kier molecular flexibility index (Phi) is 3.14. The van der Waals surface area contributed by atoms with Crippen LogP contribution in [0.5, 0.6) is 0 Å². The second-order valence-electron chi connectivity index (χ2n) is 5.76. The van der Waals surface area contributed by atoms with E-state index >= 15 is 0 Å². The molecule has 20 heavy (non-hydrogen) atoms. The monoisotopic (exact) mass is 305 g/mol. The van der Waals surface area contributed by atoms with Crippen LogP contribution in [0.1, 0.15) is 41.5 Å². The average Bonchev–Trinajstić information content (AvgIpc) is 2.92. The number of halogens is 1. The molecule has 104 valence electrons. The highest BCUT2D eigenvalue weighted by Gasteiger charge is 2.38. The maximum Gasteiger partial charge on any atom is 0.234 e. The fourth-order valence-electron chi connectivity index (χ4n) is 2.56. The Morgan fingerprint density at radius 2 is 2.05 bits per heavy atom. The van der Waals surface area contributed by atoms with Crippen LogP contribution in [0.4, 0.5) is 5.69 Å². The molecular formula is C16H16ClNOS. The normalized spacial score (nSPS) is 17.7. The summed E-state index contributed by atoms with van der Waals surface area (Å²) >= 11 is 8.27. The predicted molar refractivity (Wildman–Crippen MR) is 84.8 cm³/mol. The van der Waals surface area contributed by atoms with Gasteiger partial charge >= 0.3 is 0 Å². The number of fused-ring (bicyclic) bond motifs is 1. The highest BCUT2D eigenvalue weighted by Crippen LogP contribution is 2.41. The lowest BCUT2D eigenvalue weighted by atomic mass is 9.85. The first-order valence-corrected chi connectivity index (χ1v) is 7.92. The lowest BCUT2D eigenvalue weighted by Gasteiger charge is -2.17. The number of hydrogen-bond donors (Lipinski definition) is 1. The summed E-state index contributed by atoms with van der Waals surface area (Å²) < 4.78 is 0. The molecule has 0 fully saturated rings. The molecule has 0 bridgehead atoms. The standard InChI is InChI=1S/C16H16ClNOS/c1-9-7-20-8-11(9)14(17)10-4-5-13-12(6-10)16(2,3)15(19)18-13/h4-8,14H,1-3H3,(H,18,19). The van der Waals surface area contributed by atoms with Crippen LogP contribution in [0.3, 0.4) is 0 Å². The zero-order chi connectivity index (χ0) is 14.5. The molecule has 2 heterocycles. The molecule has 3 rings (SSSR count). The first-order chi connectivity index (χ1) is 9.41. The van der Waals surface area contributed by atoms with Crippen molar-refractivity contribution in [1.82, 2.24) is 0 Å². The summed E-state index contributed by atoms with van der Waals surface area (Å²) in [5.41, 5.74) is 4.83. The van der Waals surface area contributed by atoms with Crippen molar-refractivity contribution in [1.29, 1.82) is 0 Å². The van der Waals surface area contributed by atoms with E-state index in [0.717, 1.165) is 22.4 Å². The molecule has 1 atom stereocenters. The minimum atomic E-state index is -0.494. The van der Waals surface area contributed by atoms with Crippen molar-refractivity contribution >= 4 is 34.5 Å². The highest BCUT2D eigenvalue weighted by molar-refractivity contribution is 7.08. The quantitative estimate of drug-likeness (QED) is 0.806. The summed E-state index contributed by atoms with van der Waals surface area (Å²) in [6.07, 6.45) is 0. The SMILES string of the molecule is Cc1cscc1C(Cl)c1ccc2c(c1)C(C)(C)C(=O)N2. The van der Waals surface area contributed by atoms with E-state index in [2.05, 4.69) is 29.1 Å². The summed E-state index contributed by atoms with van der Waals surface area (Å²) in [6, 6.07) is 6.01. The summed E-state index contributed by atoms with van der Waals surface area (Å²) in [5.74, 6) is 0.0440. The first-order valence-electron chi connectivity index (χ1n) is 6.54. The van der Waals surface area contributed by atoms with Gasteiger partial charge in [0.15, 0.2) is 0 Å². The van der Waals surface area contributed by atoms with Gasteiger partial charge in [-0.2, -0.15) is 11.3 Å². The van der Waals surface area contributed by atoms with Gasteiger partial charge in [-0.3, -0.25) is 4.79 Å². The maximum absolute atomic E-state index is 12.0. The molecule has 1 aromatic heterocycles. The van der Waals surface area contributed by atoms with Crippen molar-refractivity contribution < 1.29 is 4.79 Å². The largest absolute Gasteiger partial charge is 0.325 e. The molecule has 1 aliphatic rings. The molecule has 0 spiro atoms. The molecule has 2 nitrogen and oxygen atoms in total. The molecule has 1 aromatic carbocycles. The molecule has 1 amide bonds. The highest BCUT2D eigenvalue weighted by atomic mass is 35.5. The number of rotatable bonds is 2. The molecule has 0 aliphatic carbocycles. The van der Waals surface area contributed by atoms with E-state index in [1.807, 2.05) is 26.0 Å². The minimum absolute atomic E-state index is 0.0440. The van der Waals surface area contributed by atoms with Crippen molar-refractivity contribution in [2.45, 2.75) is 31.6 Å². The van der Waals surface area contributed by atoms with Gasteiger partial charge in [-0.25, -0.2) is 0 Å². The number of aryl methyl sites for hydroxylation is 1. The minimum Gasteiger partial charge on any atom is -0.325 e. The van der Waals surface area contributed by atoms with Gasteiger partial charge in [-0.1, -0.05) is 12.1 Å². The molecule has 0 saturated heterocycles. The number of benzene rings is 1. The molecular weight excluding hydrogens is 290 g/mol. The van der Waals surface area contributed by atoms with Gasteiger partial charge in [-0.05, 0) is 59.9 Å².